The van der Waals surface area contributed by atoms with Gasteiger partial charge in [0, 0.05) is 13.0 Å². The fourth-order valence-electron chi connectivity index (χ4n) is 2.55. The number of nitrogens with one attached hydrogen (secondary N) is 1. The molecule has 1 aliphatic rings. The Morgan fingerprint density at radius 1 is 1.29 bits per heavy atom. The molecule has 5 nitrogen and oxygen atoms in total. The maximum atomic E-state index is 13.6. The summed E-state index contributed by atoms with van der Waals surface area (Å²) in [6, 6.07) is 11.5. The van der Waals surface area contributed by atoms with Crippen molar-refractivity contribution in [3.8, 4) is 5.75 Å². The van der Waals surface area contributed by atoms with Crippen molar-refractivity contribution in [3.05, 3.63) is 53.8 Å². The first-order valence-electron chi connectivity index (χ1n) is 7.63. The van der Waals surface area contributed by atoms with Crippen molar-refractivity contribution in [2.24, 2.45) is 0 Å². The summed E-state index contributed by atoms with van der Waals surface area (Å²) in [5, 5.41) is 2.52. The predicted molar refractivity (Wildman–Crippen MR) is 88.7 cm³/mol. The van der Waals surface area contributed by atoms with Gasteiger partial charge in [-0.2, -0.15) is 0 Å². The average Bonchev–Trinajstić information content (AvgIpc) is 2.56. The molecule has 0 radical (unpaired) electrons. The number of rotatable bonds is 4. The summed E-state index contributed by atoms with van der Waals surface area (Å²) < 4.78 is 19.0. The summed E-state index contributed by atoms with van der Waals surface area (Å²) >= 11 is 0. The molecule has 0 aromatic heterocycles. The Morgan fingerprint density at radius 3 is 2.88 bits per heavy atom. The van der Waals surface area contributed by atoms with Gasteiger partial charge in [-0.15, -0.1) is 0 Å². The van der Waals surface area contributed by atoms with E-state index in [1.165, 1.54) is 17.0 Å². The van der Waals surface area contributed by atoms with Gasteiger partial charge in [0.25, 0.3) is 5.91 Å². The molecule has 0 spiro atoms. The van der Waals surface area contributed by atoms with Gasteiger partial charge in [-0.25, -0.2) is 4.39 Å². The first kappa shape index (κ1) is 16.0. The summed E-state index contributed by atoms with van der Waals surface area (Å²) in [5.41, 5.74) is 1.78. The van der Waals surface area contributed by atoms with Crippen molar-refractivity contribution in [1.29, 1.82) is 0 Å². The molecule has 2 amide bonds. The van der Waals surface area contributed by atoms with Crippen LogP contribution < -0.4 is 15.0 Å². The summed E-state index contributed by atoms with van der Waals surface area (Å²) in [6.07, 6.45) is 0.0630. The molecular weight excluding hydrogens is 311 g/mol. The first-order chi connectivity index (χ1) is 11.5. The highest BCUT2D eigenvalue weighted by Gasteiger charge is 2.25. The summed E-state index contributed by atoms with van der Waals surface area (Å²) in [4.78, 5) is 25.7. The number of hydrogen-bond donors (Lipinski definition) is 1. The molecule has 3 rings (SSSR count). The third-order valence-corrected chi connectivity index (χ3v) is 3.77. The van der Waals surface area contributed by atoms with E-state index < -0.39 is 5.82 Å². The third kappa shape index (κ3) is 3.37. The molecule has 0 saturated carbocycles. The van der Waals surface area contributed by atoms with E-state index in [1.807, 2.05) is 25.1 Å². The van der Waals surface area contributed by atoms with Crippen LogP contribution in [-0.2, 0) is 9.59 Å². The van der Waals surface area contributed by atoms with Crippen molar-refractivity contribution < 1.29 is 18.7 Å². The normalized spacial score (nSPS) is 13.2. The number of nitrogens with zero attached hydrogens (tertiary/aromatic N) is 1. The van der Waals surface area contributed by atoms with E-state index in [0.717, 1.165) is 5.56 Å². The second-order valence-electron chi connectivity index (χ2n) is 5.58. The van der Waals surface area contributed by atoms with Crippen LogP contribution in [0.1, 0.15) is 12.0 Å². The summed E-state index contributed by atoms with van der Waals surface area (Å²) in [5.74, 6) is -0.427. The number of carbonyl (C=O) groups is 2. The number of benzene rings is 2. The van der Waals surface area contributed by atoms with Crippen molar-refractivity contribution in [3.63, 3.8) is 0 Å². The molecule has 24 heavy (non-hydrogen) atoms. The molecule has 124 valence electrons. The molecule has 0 bridgehead atoms. The number of para-hydroxylation sites is 1. The van der Waals surface area contributed by atoms with Crippen LogP contribution in [0.25, 0.3) is 0 Å². The van der Waals surface area contributed by atoms with Crippen LogP contribution >= 0.6 is 0 Å². The Hall–Kier alpha value is -2.89. The molecule has 1 N–H and O–H groups in total. The van der Waals surface area contributed by atoms with Gasteiger partial charge in [0.15, 0.2) is 6.61 Å². The maximum absolute atomic E-state index is 13.6. The highest BCUT2D eigenvalue weighted by molar-refractivity contribution is 5.99. The molecule has 2 aromatic carbocycles. The van der Waals surface area contributed by atoms with Gasteiger partial charge < -0.3 is 15.0 Å². The lowest BCUT2D eigenvalue weighted by atomic mass is 10.1. The monoisotopic (exact) mass is 328 g/mol. The standard InChI is InChI=1S/C18H17FN2O3/c1-12-6-7-16-15(10-12)21(18(23)11-24-16)9-8-17(22)20-14-5-3-2-4-13(14)19/h2-7,10H,8-9,11H2,1H3,(H,20,22). The zero-order chi connectivity index (χ0) is 17.1. The smallest absolute Gasteiger partial charge is 0.265 e. The summed E-state index contributed by atoms with van der Waals surface area (Å²) in [7, 11) is 0. The van der Waals surface area contributed by atoms with Gasteiger partial charge >= 0.3 is 0 Å². The van der Waals surface area contributed by atoms with Gasteiger partial charge in [-0.1, -0.05) is 18.2 Å². The molecular formula is C18H17FN2O3. The number of amides is 2. The van der Waals surface area contributed by atoms with Crippen LogP contribution in [0.3, 0.4) is 0 Å². The topological polar surface area (TPSA) is 58.6 Å². The number of anilines is 2. The Kier molecular flexibility index (Phi) is 4.46. The Morgan fingerprint density at radius 2 is 2.08 bits per heavy atom. The molecule has 2 aromatic rings. The number of ether oxygens (including phenoxy) is 1. The Balaban J connectivity index is 1.68. The van der Waals surface area contributed by atoms with Gasteiger partial charge in [0.2, 0.25) is 5.91 Å². The molecule has 0 unspecified atom stereocenters. The zero-order valence-corrected chi connectivity index (χ0v) is 13.2. The fourth-order valence-corrected chi connectivity index (χ4v) is 2.55. The lowest BCUT2D eigenvalue weighted by Crippen LogP contribution is -2.40. The fraction of sp³-hybridized carbons (Fsp3) is 0.222. The van der Waals surface area contributed by atoms with Crippen molar-refractivity contribution in [2.75, 3.05) is 23.4 Å². The van der Waals surface area contributed by atoms with Gasteiger partial charge in [0.05, 0.1) is 11.4 Å². The third-order valence-electron chi connectivity index (χ3n) is 3.77. The number of halogens is 1. The quantitative estimate of drug-likeness (QED) is 0.939. The predicted octanol–water partition coefficient (Wildman–Crippen LogP) is 2.89. The van der Waals surface area contributed by atoms with E-state index in [1.54, 1.807) is 12.1 Å². The lowest BCUT2D eigenvalue weighted by molar-refractivity contribution is -0.121. The lowest BCUT2D eigenvalue weighted by Gasteiger charge is -2.29. The highest BCUT2D eigenvalue weighted by atomic mass is 19.1. The van der Waals surface area contributed by atoms with Crippen LogP contribution in [-0.4, -0.2) is 25.0 Å². The average molecular weight is 328 g/mol. The second kappa shape index (κ2) is 6.70. The molecule has 0 atom stereocenters. The SMILES string of the molecule is Cc1ccc2c(c1)N(CCC(=O)Nc1ccccc1F)C(=O)CO2. The van der Waals surface area contributed by atoms with Crippen molar-refractivity contribution in [2.45, 2.75) is 13.3 Å². The molecule has 6 heteroatoms. The largest absolute Gasteiger partial charge is 0.482 e. The van der Waals surface area contributed by atoms with Crippen LogP contribution in [0.2, 0.25) is 0 Å². The molecule has 0 aliphatic carbocycles. The minimum Gasteiger partial charge on any atom is -0.482 e. The molecule has 0 saturated heterocycles. The van der Waals surface area contributed by atoms with E-state index >= 15 is 0 Å². The van der Waals surface area contributed by atoms with Crippen LogP contribution in [0.5, 0.6) is 5.75 Å². The minimum atomic E-state index is -0.491. The minimum absolute atomic E-state index is 0.0506. The number of hydrogen-bond acceptors (Lipinski definition) is 3. The Labute approximate surface area is 139 Å². The van der Waals surface area contributed by atoms with E-state index in [2.05, 4.69) is 5.32 Å². The Bertz CT molecular complexity index is 792. The van der Waals surface area contributed by atoms with E-state index in [4.69, 9.17) is 4.74 Å². The summed E-state index contributed by atoms with van der Waals surface area (Å²) in [6.45, 7) is 2.08. The van der Waals surface area contributed by atoms with Gasteiger partial charge in [-0.05, 0) is 36.8 Å². The van der Waals surface area contributed by atoms with E-state index in [9.17, 15) is 14.0 Å². The number of carbonyl (C=O) groups excluding carboxylic acids is 2. The van der Waals surface area contributed by atoms with Crippen LogP contribution in [0.4, 0.5) is 15.8 Å². The van der Waals surface area contributed by atoms with Crippen LogP contribution in [0, 0.1) is 12.7 Å². The van der Waals surface area contributed by atoms with Crippen molar-refractivity contribution >= 4 is 23.2 Å². The zero-order valence-electron chi connectivity index (χ0n) is 13.2. The second-order valence-corrected chi connectivity index (χ2v) is 5.58. The molecule has 1 aliphatic heterocycles. The highest BCUT2D eigenvalue weighted by Crippen LogP contribution is 2.32. The molecule has 0 fully saturated rings. The van der Waals surface area contributed by atoms with Crippen LogP contribution in [0.15, 0.2) is 42.5 Å². The number of aryl methyl sites for hydroxylation is 1. The molecule has 1 heterocycles. The van der Waals surface area contributed by atoms with Gasteiger partial charge in [-0.3, -0.25) is 9.59 Å². The van der Waals surface area contributed by atoms with E-state index in [-0.39, 0.29) is 37.1 Å². The van der Waals surface area contributed by atoms with Gasteiger partial charge in [0.1, 0.15) is 11.6 Å². The maximum Gasteiger partial charge on any atom is 0.265 e. The first-order valence-corrected chi connectivity index (χ1v) is 7.63. The van der Waals surface area contributed by atoms with E-state index in [0.29, 0.717) is 11.4 Å². The number of fused-ring (bicyclic) bond motifs is 1. The van der Waals surface area contributed by atoms with Crippen molar-refractivity contribution in [1.82, 2.24) is 0 Å².